The monoisotopic (exact) mass is 282 g/mol. The number of alkyl halides is 3. The lowest BCUT2D eigenvalue weighted by molar-refractivity contribution is 0.805. The third kappa shape index (κ3) is 3.92. The quantitative estimate of drug-likeness (QED) is 0.866. The summed E-state index contributed by atoms with van der Waals surface area (Å²) in [5, 5.41) is 3.05. The van der Waals surface area contributed by atoms with Gasteiger partial charge in [0.05, 0.1) is 0 Å². The van der Waals surface area contributed by atoms with Crippen LogP contribution in [0.1, 0.15) is 32.4 Å². The van der Waals surface area contributed by atoms with E-state index in [-0.39, 0.29) is 11.9 Å². The summed E-state index contributed by atoms with van der Waals surface area (Å²) in [6.07, 6.45) is 0.656. The summed E-state index contributed by atoms with van der Waals surface area (Å²) >= 11 is 17.2. The number of nitrogens with zero attached hydrogens (tertiary/aromatic N) is 3. The lowest BCUT2D eigenvalue weighted by Crippen LogP contribution is -2.18. The van der Waals surface area contributed by atoms with Crippen LogP contribution in [-0.4, -0.2) is 21.0 Å². The van der Waals surface area contributed by atoms with Gasteiger partial charge in [-0.05, 0) is 13.8 Å². The van der Waals surface area contributed by atoms with Crippen molar-refractivity contribution in [3.8, 4) is 0 Å². The summed E-state index contributed by atoms with van der Waals surface area (Å²) in [5.74, 6) is 1.18. The highest BCUT2D eigenvalue weighted by atomic mass is 35.6. The average molecular weight is 284 g/mol. The van der Waals surface area contributed by atoms with Crippen LogP contribution in [0.3, 0.4) is 0 Å². The molecule has 0 aromatic carbocycles. The number of anilines is 1. The third-order valence-electron chi connectivity index (χ3n) is 1.67. The first kappa shape index (κ1) is 13.7. The zero-order valence-corrected chi connectivity index (χ0v) is 11.5. The molecule has 0 saturated heterocycles. The maximum absolute atomic E-state index is 5.75. The molecule has 1 rings (SSSR count). The van der Waals surface area contributed by atoms with Gasteiger partial charge >= 0.3 is 0 Å². The second kappa shape index (κ2) is 5.34. The molecule has 1 aromatic rings. The molecule has 0 bridgehead atoms. The highest BCUT2D eigenvalue weighted by Gasteiger charge is 2.28. The maximum atomic E-state index is 5.75. The molecule has 90 valence electrons. The summed E-state index contributed by atoms with van der Waals surface area (Å²) in [6, 6.07) is 0.204. The standard InChI is InChI=1S/C9H13Cl3N4/c1-4-6-14-7(9(10,11)12)16-8(15-6)13-5(2)3/h5H,4H2,1-3H3,(H,13,14,15,16). The summed E-state index contributed by atoms with van der Waals surface area (Å²) in [6.45, 7) is 5.88. The summed E-state index contributed by atoms with van der Waals surface area (Å²) in [4.78, 5) is 12.3. The van der Waals surface area contributed by atoms with Crippen LogP contribution in [0, 0.1) is 0 Å². The first-order chi connectivity index (χ1) is 7.32. The third-order valence-corrected chi connectivity index (χ3v) is 2.18. The second-order valence-electron chi connectivity index (χ2n) is 3.55. The van der Waals surface area contributed by atoms with Crippen molar-refractivity contribution >= 4 is 40.8 Å². The van der Waals surface area contributed by atoms with Crippen LogP contribution >= 0.6 is 34.8 Å². The van der Waals surface area contributed by atoms with Gasteiger partial charge in [0.15, 0.2) is 5.82 Å². The van der Waals surface area contributed by atoms with Gasteiger partial charge in [-0.1, -0.05) is 41.7 Å². The van der Waals surface area contributed by atoms with Gasteiger partial charge in [-0.2, -0.15) is 9.97 Å². The van der Waals surface area contributed by atoms with E-state index in [4.69, 9.17) is 34.8 Å². The Morgan fingerprint density at radius 3 is 2.25 bits per heavy atom. The minimum Gasteiger partial charge on any atom is -0.352 e. The van der Waals surface area contributed by atoms with E-state index in [1.54, 1.807) is 0 Å². The van der Waals surface area contributed by atoms with Crippen LogP contribution in [0.5, 0.6) is 0 Å². The van der Waals surface area contributed by atoms with Crippen LogP contribution in [0.25, 0.3) is 0 Å². The lowest BCUT2D eigenvalue weighted by Gasteiger charge is -2.13. The molecule has 0 spiro atoms. The van der Waals surface area contributed by atoms with Crippen molar-refractivity contribution in [1.82, 2.24) is 15.0 Å². The molecule has 0 radical (unpaired) electrons. The molecule has 0 aliphatic heterocycles. The number of nitrogens with one attached hydrogen (secondary N) is 1. The molecule has 0 aliphatic rings. The Bertz CT molecular complexity index is 362. The molecule has 4 nitrogen and oxygen atoms in total. The Kier molecular flexibility index (Phi) is 4.59. The van der Waals surface area contributed by atoms with Crippen molar-refractivity contribution in [2.45, 2.75) is 37.0 Å². The molecule has 16 heavy (non-hydrogen) atoms. The van der Waals surface area contributed by atoms with Gasteiger partial charge in [-0.15, -0.1) is 0 Å². The highest BCUT2D eigenvalue weighted by molar-refractivity contribution is 6.66. The fourth-order valence-corrected chi connectivity index (χ4v) is 1.28. The summed E-state index contributed by atoms with van der Waals surface area (Å²) in [7, 11) is 0. The van der Waals surface area contributed by atoms with Crippen molar-refractivity contribution in [2.75, 3.05) is 5.32 Å². The van der Waals surface area contributed by atoms with Crippen molar-refractivity contribution in [3.63, 3.8) is 0 Å². The number of rotatable bonds is 3. The van der Waals surface area contributed by atoms with E-state index in [2.05, 4.69) is 20.3 Å². The van der Waals surface area contributed by atoms with E-state index in [0.29, 0.717) is 18.2 Å². The molecule has 0 amide bonds. The normalized spacial score (nSPS) is 11.9. The fourth-order valence-electron chi connectivity index (χ4n) is 1.03. The first-order valence-electron chi connectivity index (χ1n) is 4.91. The van der Waals surface area contributed by atoms with Gasteiger partial charge in [0.2, 0.25) is 9.74 Å². The maximum Gasteiger partial charge on any atom is 0.250 e. The Hall–Kier alpha value is -0.320. The van der Waals surface area contributed by atoms with Gasteiger partial charge in [0.25, 0.3) is 0 Å². The van der Waals surface area contributed by atoms with Gasteiger partial charge in [-0.25, -0.2) is 4.98 Å². The van der Waals surface area contributed by atoms with Gasteiger partial charge < -0.3 is 5.32 Å². The minimum absolute atomic E-state index is 0.146. The Labute approximate surface area is 110 Å². The molecule has 0 saturated carbocycles. The van der Waals surface area contributed by atoms with Crippen LogP contribution < -0.4 is 5.32 Å². The molecule has 0 fully saturated rings. The first-order valence-corrected chi connectivity index (χ1v) is 6.05. The molecular weight excluding hydrogens is 270 g/mol. The smallest absolute Gasteiger partial charge is 0.250 e. The Morgan fingerprint density at radius 1 is 1.19 bits per heavy atom. The largest absolute Gasteiger partial charge is 0.352 e. The Morgan fingerprint density at radius 2 is 1.81 bits per heavy atom. The molecule has 7 heteroatoms. The highest BCUT2D eigenvalue weighted by Crippen LogP contribution is 2.36. The molecule has 0 aliphatic carbocycles. The van der Waals surface area contributed by atoms with E-state index in [9.17, 15) is 0 Å². The molecule has 1 N–H and O–H groups in total. The van der Waals surface area contributed by atoms with Gasteiger partial charge in [-0.3, -0.25) is 0 Å². The summed E-state index contributed by atoms with van der Waals surface area (Å²) < 4.78 is -1.62. The number of hydrogen-bond acceptors (Lipinski definition) is 4. The van der Waals surface area contributed by atoms with Crippen LogP contribution in [-0.2, 0) is 10.2 Å². The SMILES string of the molecule is CCc1nc(NC(C)C)nc(C(Cl)(Cl)Cl)n1. The Balaban J connectivity index is 3.11. The average Bonchev–Trinajstić information content (AvgIpc) is 2.14. The van der Waals surface area contributed by atoms with E-state index < -0.39 is 3.79 Å². The molecule has 1 aromatic heterocycles. The zero-order chi connectivity index (χ0) is 12.3. The van der Waals surface area contributed by atoms with Crippen LogP contribution in [0.2, 0.25) is 0 Å². The fraction of sp³-hybridized carbons (Fsp3) is 0.667. The van der Waals surface area contributed by atoms with Crippen LogP contribution in [0.15, 0.2) is 0 Å². The number of hydrogen-bond donors (Lipinski definition) is 1. The summed E-state index contributed by atoms with van der Waals surface area (Å²) in [5.41, 5.74) is 0. The van der Waals surface area contributed by atoms with Gasteiger partial charge in [0, 0.05) is 12.5 Å². The predicted octanol–water partition coefficient (Wildman–Crippen LogP) is 3.08. The molecule has 0 unspecified atom stereocenters. The lowest BCUT2D eigenvalue weighted by atomic mass is 10.4. The van der Waals surface area contributed by atoms with Crippen molar-refractivity contribution in [1.29, 1.82) is 0 Å². The molecule has 1 heterocycles. The number of halogens is 3. The van der Waals surface area contributed by atoms with Crippen LogP contribution in [0.4, 0.5) is 5.95 Å². The van der Waals surface area contributed by atoms with Gasteiger partial charge in [0.1, 0.15) is 5.82 Å². The van der Waals surface area contributed by atoms with E-state index in [1.165, 1.54) is 0 Å². The van der Waals surface area contributed by atoms with Crippen molar-refractivity contribution in [2.24, 2.45) is 0 Å². The zero-order valence-electron chi connectivity index (χ0n) is 9.26. The number of aryl methyl sites for hydroxylation is 1. The number of aromatic nitrogens is 3. The minimum atomic E-state index is -1.62. The molecule has 0 atom stereocenters. The van der Waals surface area contributed by atoms with E-state index in [0.717, 1.165) is 0 Å². The topological polar surface area (TPSA) is 50.7 Å². The second-order valence-corrected chi connectivity index (χ2v) is 5.83. The molecular formula is C9H13Cl3N4. The van der Waals surface area contributed by atoms with E-state index in [1.807, 2.05) is 20.8 Å². The van der Waals surface area contributed by atoms with Crippen molar-refractivity contribution in [3.05, 3.63) is 11.6 Å². The predicted molar refractivity (Wildman–Crippen MR) is 67.2 cm³/mol. The van der Waals surface area contributed by atoms with Crippen molar-refractivity contribution < 1.29 is 0 Å². The van der Waals surface area contributed by atoms with E-state index >= 15 is 0 Å².